The number of hydrogen-bond donors (Lipinski definition) is 2. The van der Waals surface area contributed by atoms with Crippen molar-refractivity contribution in [2.45, 2.75) is 45.4 Å². The van der Waals surface area contributed by atoms with Gasteiger partial charge in [0.05, 0.1) is 0 Å². The van der Waals surface area contributed by atoms with Crippen LogP contribution in [0.3, 0.4) is 0 Å². The summed E-state index contributed by atoms with van der Waals surface area (Å²) in [6, 6.07) is 6.55. The number of nitrogens with two attached hydrogens (primary N) is 1. The number of amides is 2. The van der Waals surface area contributed by atoms with Crippen molar-refractivity contribution < 1.29 is 19.1 Å². The van der Waals surface area contributed by atoms with Crippen molar-refractivity contribution in [3.8, 4) is 0 Å². The third-order valence-corrected chi connectivity index (χ3v) is 4.18. The molecular formula is C20H31N3O4. The lowest BCUT2D eigenvalue weighted by Crippen LogP contribution is -2.25. The number of likely N-dealkylation sites (N-methyl/N-ethyl adjacent to an activating group) is 1. The van der Waals surface area contributed by atoms with Gasteiger partial charge in [-0.15, -0.1) is 0 Å². The van der Waals surface area contributed by atoms with Gasteiger partial charge in [-0.2, -0.15) is 0 Å². The highest BCUT2D eigenvalue weighted by Gasteiger charge is 2.04. The molecule has 0 saturated carbocycles. The predicted molar refractivity (Wildman–Crippen MR) is 105 cm³/mol. The molecule has 1 aromatic carbocycles. The van der Waals surface area contributed by atoms with Crippen molar-refractivity contribution in [3.63, 3.8) is 0 Å². The van der Waals surface area contributed by atoms with Crippen LogP contribution in [0.25, 0.3) is 0 Å². The highest BCUT2D eigenvalue weighted by molar-refractivity contribution is 5.94. The van der Waals surface area contributed by atoms with E-state index < -0.39 is 5.91 Å². The largest absolute Gasteiger partial charge is 0.465 e. The number of benzene rings is 1. The molecule has 7 heteroatoms. The van der Waals surface area contributed by atoms with Crippen LogP contribution in [0.2, 0.25) is 0 Å². The summed E-state index contributed by atoms with van der Waals surface area (Å²) >= 11 is 0. The first-order valence-corrected chi connectivity index (χ1v) is 9.40. The molecule has 0 aliphatic rings. The molecule has 0 atom stereocenters. The Morgan fingerprint density at radius 1 is 1.00 bits per heavy atom. The summed E-state index contributed by atoms with van der Waals surface area (Å²) in [6.07, 6.45) is 5.67. The Bertz CT molecular complexity index is 602. The SMILES string of the molecule is CC(=O)OCCN(C)CCCCCCCC(=O)Nc1ccc(C(N)=O)cc1. The molecule has 0 aliphatic heterocycles. The highest BCUT2D eigenvalue weighted by Crippen LogP contribution is 2.11. The van der Waals surface area contributed by atoms with E-state index in [-0.39, 0.29) is 11.9 Å². The van der Waals surface area contributed by atoms with Crippen LogP contribution in [0.5, 0.6) is 0 Å². The number of rotatable bonds is 13. The van der Waals surface area contributed by atoms with E-state index in [0.717, 1.165) is 45.2 Å². The van der Waals surface area contributed by atoms with Crippen LogP contribution < -0.4 is 11.1 Å². The van der Waals surface area contributed by atoms with Crippen LogP contribution in [-0.2, 0) is 14.3 Å². The third-order valence-electron chi connectivity index (χ3n) is 4.18. The van der Waals surface area contributed by atoms with Crippen molar-refractivity contribution in [1.29, 1.82) is 0 Å². The third kappa shape index (κ3) is 11.0. The van der Waals surface area contributed by atoms with E-state index in [1.54, 1.807) is 24.3 Å². The second kappa shape index (κ2) is 12.9. The standard InChI is InChI=1S/C20H31N3O4/c1-16(24)27-15-14-23(2)13-7-5-3-4-6-8-19(25)22-18-11-9-17(10-12-18)20(21)26/h9-12H,3-8,13-15H2,1-2H3,(H2,21,26)(H,22,25). The van der Waals surface area contributed by atoms with Crippen molar-refractivity contribution >= 4 is 23.5 Å². The zero-order valence-electron chi connectivity index (χ0n) is 16.3. The summed E-state index contributed by atoms with van der Waals surface area (Å²) in [6.45, 7) is 3.58. The molecular weight excluding hydrogens is 346 g/mol. The number of hydrogen-bond acceptors (Lipinski definition) is 5. The van der Waals surface area contributed by atoms with Crippen LogP contribution in [0.15, 0.2) is 24.3 Å². The summed E-state index contributed by atoms with van der Waals surface area (Å²) in [5.74, 6) is -0.745. The molecule has 0 bridgehead atoms. The molecule has 150 valence electrons. The topological polar surface area (TPSA) is 102 Å². The minimum Gasteiger partial charge on any atom is -0.465 e. The van der Waals surface area contributed by atoms with Gasteiger partial charge in [-0.3, -0.25) is 14.4 Å². The Morgan fingerprint density at radius 3 is 2.26 bits per heavy atom. The van der Waals surface area contributed by atoms with Crippen molar-refractivity contribution in [2.24, 2.45) is 5.73 Å². The van der Waals surface area contributed by atoms with Crippen molar-refractivity contribution in [3.05, 3.63) is 29.8 Å². The molecule has 0 saturated heterocycles. The van der Waals surface area contributed by atoms with E-state index in [4.69, 9.17) is 10.5 Å². The molecule has 0 fully saturated rings. The number of nitrogens with zero attached hydrogens (tertiary/aromatic N) is 1. The molecule has 0 unspecified atom stereocenters. The quantitative estimate of drug-likeness (QED) is 0.406. The van der Waals surface area contributed by atoms with Gasteiger partial charge in [-0.25, -0.2) is 0 Å². The van der Waals surface area contributed by atoms with Gasteiger partial charge in [-0.05, 0) is 50.7 Å². The monoisotopic (exact) mass is 377 g/mol. The van der Waals surface area contributed by atoms with Crippen LogP contribution in [0, 0.1) is 0 Å². The fourth-order valence-electron chi connectivity index (χ4n) is 2.60. The van der Waals surface area contributed by atoms with Gasteiger partial charge >= 0.3 is 5.97 Å². The molecule has 7 nitrogen and oxygen atoms in total. The fourth-order valence-corrected chi connectivity index (χ4v) is 2.60. The molecule has 27 heavy (non-hydrogen) atoms. The van der Waals surface area contributed by atoms with Crippen LogP contribution in [0.1, 0.15) is 55.8 Å². The first kappa shape index (κ1) is 22.6. The summed E-state index contributed by atoms with van der Waals surface area (Å²) in [4.78, 5) is 35.8. The Hall–Kier alpha value is -2.41. The second-order valence-electron chi connectivity index (χ2n) is 6.65. The molecule has 0 heterocycles. The number of unbranched alkanes of at least 4 members (excludes halogenated alkanes) is 4. The number of primary amides is 1. The van der Waals surface area contributed by atoms with E-state index in [0.29, 0.717) is 24.3 Å². The molecule has 2 amide bonds. The minimum atomic E-state index is -0.483. The molecule has 0 aliphatic carbocycles. The van der Waals surface area contributed by atoms with Crippen LogP contribution in [0.4, 0.5) is 5.69 Å². The highest BCUT2D eigenvalue weighted by atomic mass is 16.5. The summed E-state index contributed by atoms with van der Waals surface area (Å²) < 4.78 is 4.91. The maximum atomic E-state index is 11.9. The zero-order valence-corrected chi connectivity index (χ0v) is 16.3. The number of carbonyl (C=O) groups excluding carboxylic acids is 3. The molecule has 3 N–H and O–H groups in total. The number of anilines is 1. The minimum absolute atomic E-state index is 0.0213. The lowest BCUT2D eigenvalue weighted by molar-refractivity contribution is -0.141. The van der Waals surface area contributed by atoms with Gasteiger partial charge in [0.15, 0.2) is 0 Å². The summed E-state index contributed by atoms with van der Waals surface area (Å²) in [5.41, 5.74) is 6.27. The Morgan fingerprint density at radius 2 is 1.63 bits per heavy atom. The van der Waals surface area contributed by atoms with E-state index >= 15 is 0 Å². The van der Waals surface area contributed by atoms with Crippen LogP contribution >= 0.6 is 0 Å². The van der Waals surface area contributed by atoms with E-state index in [1.807, 2.05) is 7.05 Å². The first-order valence-electron chi connectivity index (χ1n) is 9.40. The van der Waals surface area contributed by atoms with E-state index in [9.17, 15) is 14.4 Å². The van der Waals surface area contributed by atoms with Gasteiger partial charge < -0.3 is 20.7 Å². The molecule has 0 aromatic heterocycles. The van der Waals surface area contributed by atoms with Gasteiger partial charge in [0.1, 0.15) is 6.61 Å². The molecule has 0 spiro atoms. The number of carbonyl (C=O) groups is 3. The molecule has 1 aromatic rings. The number of esters is 1. The fraction of sp³-hybridized carbons (Fsp3) is 0.550. The molecule has 0 radical (unpaired) electrons. The lowest BCUT2D eigenvalue weighted by atomic mass is 10.1. The lowest BCUT2D eigenvalue weighted by Gasteiger charge is -2.15. The van der Waals surface area contributed by atoms with Gasteiger partial charge in [-0.1, -0.05) is 19.3 Å². The summed E-state index contributed by atoms with van der Waals surface area (Å²) in [5, 5.41) is 2.82. The predicted octanol–water partition coefficient (Wildman–Crippen LogP) is 2.56. The maximum Gasteiger partial charge on any atom is 0.302 e. The number of nitrogens with one attached hydrogen (secondary N) is 1. The van der Waals surface area contributed by atoms with Crippen molar-refractivity contribution in [1.82, 2.24) is 4.90 Å². The van der Waals surface area contributed by atoms with E-state index in [1.165, 1.54) is 6.92 Å². The van der Waals surface area contributed by atoms with Crippen LogP contribution in [-0.4, -0.2) is 49.4 Å². The smallest absolute Gasteiger partial charge is 0.302 e. The zero-order chi connectivity index (χ0) is 20.1. The van der Waals surface area contributed by atoms with E-state index in [2.05, 4.69) is 10.2 Å². The van der Waals surface area contributed by atoms with Gasteiger partial charge in [0.25, 0.3) is 0 Å². The Balaban J connectivity index is 2.03. The first-order chi connectivity index (χ1) is 12.9. The maximum absolute atomic E-state index is 11.9. The average Bonchev–Trinajstić information content (AvgIpc) is 2.61. The number of ether oxygens (including phenoxy) is 1. The normalized spacial score (nSPS) is 10.6. The van der Waals surface area contributed by atoms with Crippen molar-refractivity contribution in [2.75, 3.05) is 32.1 Å². The Labute approximate surface area is 161 Å². The second-order valence-corrected chi connectivity index (χ2v) is 6.65. The average molecular weight is 377 g/mol. The van der Waals surface area contributed by atoms with Gasteiger partial charge in [0, 0.05) is 31.1 Å². The summed E-state index contributed by atoms with van der Waals surface area (Å²) in [7, 11) is 2.02. The van der Waals surface area contributed by atoms with Gasteiger partial charge in [0.2, 0.25) is 11.8 Å². The Kier molecular flexibility index (Phi) is 10.8. The molecule has 1 rings (SSSR count).